The van der Waals surface area contributed by atoms with Crippen LogP contribution in [0.25, 0.3) is 0 Å². The van der Waals surface area contributed by atoms with Gasteiger partial charge in [-0.2, -0.15) is 4.31 Å². The van der Waals surface area contributed by atoms with E-state index in [9.17, 15) is 13.2 Å². The number of halogens is 1. The summed E-state index contributed by atoms with van der Waals surface area (Å²) >= 11 is 6.19. The van der Waals surface area contributed by atoms with Gasteiger partial charge in [0.15, 0.2) is 0 Å². The number of hydrogen-bond donors (Lipinski definition) is 1. The molecule has 1 N–H and O–H groups in total. The summed E-state index contributed by atoms with van der Waals surface area (Å²) in [6.45, 7) is 4.12. The number of amides is 1. The molecule has 1 amide bonds. The summed E-state index contributed by atoms with van der Waals surface area (Å²) in [5.74, 6) is -0.424. The SMILES string of the molecule is CCN(CC)S(=O)(=O)c1cc(C(=O)NC(c2ccccc2)c2ccccn2)ccc1Cl. The highest BCUT2D eigenvalue weighted by Crippen LogP contribution is 2.27. The molecule has 1 unspecified atom stereocenters. The second-order valence-corrected chi connectivity index (χ2v) is 9.12. The molecule has 31 heavy (non-hydrogen) atoms. The van der Waals surface area contributed by atoms with Gasteiger partial charge in [-0.1, -0.05) is 61.8 Å². The van der Waals surface area contributed by atoms with Gasteiger partial charge < -0.3 is 5.32 Å². The number of carbonyl (C=O) groups is 1. The van der Waals surface area contributed by atoms with Gasteiger partial charge in [-0.05, 0) is 35.9 Å². The van der Waals surface area contributed by atoms with Crippen molar-refractivity contribution in [1.29, 1.82) is 0 Å². The molecule has 0 saturated carbocycles. The van der Waals surface area contributed by atoms with Crippen LogP contribution in [0.15, 0.2) is 77.8 Å². The molecule has 3 aromatic rings. The fraction of sp³-hybridized carbons (Fsp3) is 0.217. The molecular formula is C23H24ClN3O3S. The number of nitrogens with zero attached hydrogens (tertiary/aromatic N) is 2. The molecule has 0 bridgehead atoms. The molecule has 0 fully saturated rings. The predicted molar refractivity (Wildman–Crippen MR) is 122 cm³/mol. The van der Waals surface area contributed by atoms with E-state index < -0.39 is 22.0 Å². The Bertz CT molecular complexity index is 1100. The van der Waals surface area contributed by atoms with Gasteiger partial charge in [-0.3, -0.25) is 9.78 Å². The summed E-state index contributed by atoms with van der Waals surface area (Å²) in [5, 5.41) is 3.04. The fourth-order valence-electron chi connectivity index (χ4n) is 3.28. The highest BCUT2D eigenvalue weighted by atomic mass is 35.5. The highest BCUT2D eigenvalue weighted by molar-refractivity contribution is 7.89. The lowest BCUT2D eigenvalue weighted by Gasteiger charge is -2.21. The quantitative estimate of drug-likeness (QED) is 0.547. The Hall–Kier alpha value is -2.74. The third-order valence-corrected chi connectivity index (χ3v) is 7.44. The van der Waals surface area contributed by atoms with Gasteiger partial charge in [0.25, 0.3) is 5.91 Å². The van der Waals surface area contributed by atoms with Crippen LogP contribution in [0.5, 0.6) is 0 Å². The van der Waals surface area contributed by atoms with E-state index in [4.69, 9.17) is 11.6 Å². The molecule has 0 aliphatic heterocycles. The van der Waals surface area contributed by atoms with Gasteiger partial charge in [0.1, 0.15) is 4.90 Å². The number of nitrogens with one attached hydrogen (secondary N) is 1. The maximum atomic E-state index is 13.1. The predicted octanol–water partition coefficient (Wildman–Crippen LogP) is 4.28. The largest absolute Gasteiger partial charge is 0.340 e. The molecule has 8 heteroatoms. The van der Waals surface area contributed by atoms with Gasteiger partial charge in [0.2, 0.25) is 10.0 Å². The first kappa shape index (κ1) is 22.9. The summed E-state index contributed by atoms with van der Waals surface area (Å²) in [6.07, 6.45) is 1.66. The Kier molecular flexibility index (Phi) is 7.43. The molecule has 3 rings (SSSR count). The summed E-state index contributed by atoms with van der Waals surface area (Å²) in [6, 6.07) is 18.7. The van der Waals surface area contributed by atoms with Gasteiger partial charge in [0.05, 0.1) is 16.8 Å². The molecule has 0 radical (unpaired) electrons. The first-order valence-corrected chi connectivity index (χ1v) is 11.8. The Morgan fingerprint density at radius 3 is 2.32 bits per heavy atom. The van der Waals surface area contributed by atoms with Crippen LogP contribution in [0.4, 0.5) is 0 Å². The topological polar surface area (TPSA) is 79.4 Å². The van der Waals surface area contributed by atoms with E-state index in [0.717, 1.165) is 5.56 Å². The van der Waals surface area contributed by atoms with Crippen LogP contribution < -0.4 is 5.32 Å². The van der Waals surface area contributed by atoms with Crippen molar-refractivity contribution in [3.63, 3.8) is 0 Å². The average Bonchev–Trinajstić information content (AvgIpc) is 2.79. The van der Waals surface area contributed by atoms with Gasteiger partial charge >= 0.3 is 0 Å². The van der Waals surface area contributed by atoms with Crippen molar-refractivity contribution in [1.82, 2.24) is 14.6 Å². The van der Waals surface area contributed by atoms with E-state index in [1.54, 1.807) is 26.1 Å². The maximum absolute atomic E-state index is 13.1. The van der Waals surface area contributed by atoms with Gasteiger partial charge in [0, 0.05) is 24.8 Å². The lowest BCUT2D eigenvalue weighted by Crippen LogP contribution is -2.32. The van der Waals surface area contributed by atoms with Crippen LogP contribution in [-0.2, 0) is 10.0 Å². The Morgan fingerprint density at radius 1 is 1.03 bits per heavy atom. The zero-order valence-corrected chi connectivity index (χ0v) is 18.9. The minimum atomic E-state index is -3.81. The second kappa shape index (κ2) is 10.0. The van der Waals surface area contributed by atoms with Crippen molar-refractivity contribution in [3.05, 3.63) is 94.8 Å². The van der Waals surface area contributed by atoms with Crippen LogP contribution in [-0.4, -0.2) is 36.7 Å². The van der Waals surface area contributed by atoms with Crippen LogP contribution >= 0.6 is 11.6 Å². The monoisotopic (exact) mass is 457 g/mol. The summed E-state index contributed by atoms with van der Waals surface area (Å²) in [4.78, 5) is 17.4. The second-order valence-electron chi connectivity index (χ2n) is 6.81. The van der Waals surface area contributed by atoms with E-state index >= 15 is 0 Å². The number of pyridine rings is 1. The third-order valence-electron chi connectivity index (χ3n) is 4.91. The van der Waals surface area contributed by atoms with Crippen molar-refractivity contribution in [2.75, 3.05) is 13.1 Å². The van der Waals surface area contributed by atoms with Gasteiger partial charge in [-0.25, -0.2) is 8.42 Å². The lowest BCUT2D eigenvalue weighted by atomic mass is 10.0. The first-order valence-electron chi connectivity index (χ1n) is 9.95. The van der Waals surface area contributed by atoms with Crippen LogP contribution in [0.2, 0.25) is 5.02 Å². The van der Waals surface area contributed by atoms with Crippen LogP contribution in [0.1, 0.15) is 41.5 Å². The number of aromatic nitrogens is 1. The van der Waals surface area contributed by atoms with Crippen molar-refractivity contribution in [3.8, 4) is 0 Å². The van der Waals surface area contributed by atoms with E-state index in [1.165, 1.54) is 22.5 Å². The molecule has 0 aliphatic carbocycles. The molecule has 1 atom stereocenters. The number of sulfonamides is 1. The summed E-state index contributed by atoms with van der Waals surface area (Å²) < 4.78 is 27.2. The Morgan fingerprint density at radius 2 is 1.71 bits per heavy atom. The van der Waals surface area contributed by atoms with Crippen LogP contribution in [0.3, 0.4) is 0 Å². The van der Waals surface area contributed by atoms with Crippen molar-refractivity contribution >= 4 is 27.5 Å². The Labute approximate surface area is 187 Å². The molecule has 0 saturated heterocycles. The number of carbonyl (C=O) groups excluding carboxylic acids is 1. The van der Waals surface area contributed by atoms with Crippen molar-refractivity contribution in [2.24, 2.45) is 0 Å². The molecule has 162 valence electrons. The molecule has 1 aromatic heterocycles. The molecule has 1 heterocycles. The zero-order chi connectivity index (χ0) is 22.4. The van der Waals surface area contributed by atoms with E-state index in [-0.39, 0.29) is 15.5 Å². The number of rotatable bonds is 8. The fourth-order valence-corrected chi connectivity index (χ4v) is 5.24. The summed E-state index contributed by atoms with van der Waals surface area (Å²) in [7, 11) is -3.81. The minimum Gasteiger partial charge on any atom is -0.340 e. The number of hydrogen-bond acceptors (Lipinski definition) is 4. The molecule has 2 aromatic carbocycles. The molecular weight excluding hydrogens is 434 g/mol. The standard InChI is InChI=1S/C23H24ClN3O3S/c1-3-27(4-2)31(29,30)21-16-18(13-14-19(21)24)23(28)26-22(17-10-6-5-7-11-17)20-12-8-9-15-25-20/h5-16,22H,3-4H2,1-2H3,(H,26,28). The smallest absolute Gasteiger partial charge is 0.252 e. The molecule has 6 nitrogen and oxygen atoms in total. The lowest BCUT2D eigenvalue weighted by molar-refractivity contribution is 0.0942. The highest BCUT2D eigenvalue weighted by Gasteiger charge is 2.26. The zero-order valence-electron chi connectivity index (χ0n) is 17.3. The minimum absolute atomic E-state index is 0.0767. The van der Waals surface area contributed by atoms with Gasteiger partial charge in [-0.15, -0.1) is 0 Å². The third kappa shape index (κ3) is 5.12. The van der Waals surface area contributed by atoms with Crippen molar-refractivity contribution < 1.29 is 13.2 Å². The molecule has 0 spiro atoms. The first-order chi connectivity index (χ1) is 14.9. The van der Waals surface area contributed by atoms with E-state index in [1.807, 2.05) is 42.5 Å². The average molecular weight is 458 g/mol. The summed E-state index contributed by atoms with van der Waals surface area (Å²) in [5.41, 5.74) is 1.73. The van der Waals surface area contributed by atoms with E-state index in [0.29, 0.717) is 18.8 Å². The molecule has 0 aliphatic rings. The van der Waals surface area contributed by atoms with Crippen molar-refractivity contribution in [2.45, 2.75) is 24.8 Å². The maximum Gasteiger partial charge on any atom is 0.252 e. The van der Waals surface area contributed by atoms with E-state index in [2.05, 4.69) is 10.3 Å². The van der Waals surface area contributed by atoms with Crippen LogP contribution in [0, 0.1) is 0 Å². The normalized spacial score (nSPS) is 12.5. The Balaban J connectivity index is 1.97. The number of benzene rings is 2.